The van der Waals surface area contributed by atoms with Crippen molar-refractivity contribution in [3.63, 3.8) is 0 Å². The molecule has 57 heavy (non-hydrogen) atoms. The molecule has 2 aliphatic heterocycles. The number of aliphatic hydroxyl groups excluding tert-OH is 1. The zero-order chi connectivity index (χ0) is 39.8. The molecule has 7 rings (SSSR count). The number of hydrogen-bond acceptors (Lipinski definition) is 6. The van der Waals surface area contributed by atoms with Crippen LogP contribution in [0.1, 0.15) is 65.0 Å². The van der Waals surface area contributed by atoms with Gasteiger partial charge in [-0.05, 0) is 63.9 Å². The van der Waals surface area contributed by atoms with Gasteiger partial charge in [0.1, 0.15) is 6.04 Å². The summed E-state index contributed by atoms with van der Waals surface area (Å²) >= 11 is 0. The van der Waals surface area contributed by atoms with Gasteiger partial charge in [0.25, 0.3) is 0 Å². The Hall–Kier alpha value is -5.33. The van der Waals surface area contributed by atoms with Gasteiger partial charge >= 0.3 is 12.1 Å². The van der Waals surface area contributed by atoms with Crippen molar-refractivity contribution in [3.8, 4) is 11.1 Å². The molecule has 2 aliphatic rings. The van der Waals surface area contributed by atoms with Crippen LogP contribution in [-0.2, 0) is 45.3 Å². The zero-order valence-corrected chi connectivity index (χ0v) is 31.5. The van der Waals surface area contributed by atoms with E-state index in [1.165, 1.54) is 11.1 Å². The number of rotatable bonds is 13. The van der Waals surface area contributed by atoms with Gasteiger partial charge in [-0.3, -0.25) is 14.5 Å². The lowest BCUT2D eigenvalue weighted by Crippen LogP contribution is -2.50. The number of benzene rings is 5. The van der Waals surface area contributed by atoms with Crippen molar-refractivity contribution < 1.29 is 37.3 Å². The number of nitrogens with one attached hydrogen (secondary N) is 1. The van der Waals surface area contributed by atoms with Crippen molar-refractivity contribution >= 4 is 11.8 Å². The van der Waals surface area contributed by atoms with Crippen LogP contribution in [0.15, 0.2) is 133 Å². The maximum Gasteiger partial charge on any atom is 0.471 e. The van der Waals surface area contributed by atoms with E-state index in [0.717, 1.165) is 46.5 Å². The number of carbonyl (C=O) groups excluding carboxylic acids is 2. The molecule has 0 saturated carbocycles. The van der Waals surface area contributed by atoms with Crippen molar-refractivity contribution in [1.29, 1.82) is 0 Å². The van der Waals surface area contributed by atoms with Gasteiger partial charge in [0.2, 0.25) is 5.91 Å². The van der Waals surface area contributed by atoms with Crippen LogP contribution in [0, 0.1) is 0 Å². The van der Waals surface area contributed by atoms with Gasteiger partial charge in [-0.2, -0.15) is 13.2 Å². The lowest BCUT2D eigenvalue weighted by atomic mass is 9.98. The number of ether oxygens (including phenoxy) is 2. The summed E-state index contributed by atoms with van der Waals surface area (Å²) in [6.07, 6.45) is -5.02. The standard InChI is InChI=1S/C46H46F3N3O5/c47-46(48,49)45(55)52-23-9-18-41(52)43(54)50-27-35-14-7-15-37(24-35)38-16-8-17-39(25-38)44-56-40(26-42(57-44)36-21-19-34(31-53)20-22-36)30-51(28-32-10-3-1-4-11-32)29-33-12-5-2-6-13-33/h1-8,10-17,19-22,24-25,40-42,44,53H,9,18,23,26-31H2,(H,50,54)/t40-,41+,42+,44+/m1/s1. The quantitative estimate of drug-likeness (QED) is 0.125. The first kappa shape index (κ1) is 39.9. The van der Waals surface area contributed by atoms with Gasteiger partial charge in [-0.15, -0.1) is 0 Å². The monoisotopic (exact) mass is 777 g/mol. The highest BCUT2D eigenvalue weighted by molar-refractivity contribution is 5.90. The van der Waals surface area contributed by atoms with Crippen molar-refractivity contribution in [3.05, 3.63) is 167 Å². The van der Waals surface area contributed by atoms with Crippen molar-refractivity contribution in [2.45, 2.75) is 76.2 Å². The van der Waals surface area contributed by atoms with Crippen LogP contribution >= 0.6 is 0 Å². The molecule has 0 unspecified atom stereocenters. The molecular formula is C46H46F3N3O5. The van der Waals surface area contributed by atoms with E-state index in [9.17, 15) is 27.9 Å². The Morgan fingerprint density at radius 1 is 0.737 bits per heavy atom. The second-order valence-corrected chi connectivity index (χ2v) is 14.7. The van der Waals surface area contributed by atoms with Crippen LogP contribution in [0.4, 0.5) is 13.2 Å². The third-order valence-electron chi connectivity index (χ3n) is 10.5. The number of likely N-dealkylation sites (tertiary alicyclic amines) is 1. The molecule has 4 atom stereocenters. The first-order chi connectivity index (χ1) is 27.6. The molecule has 0 bridgehead atoms. The molecule has 11 heteroatoms. The Morgan fingerprint density at radius 3 is 2.02 bits per heavy atom. The van der Waals surface area contributed by atoms with Crippen molar-refractivity contribution in [1.82, 2.24) is 15.1 Å². The maximum absolute atomic E-state index is 13.1. The Morgan fingerprint density at radius 2 is 1.37 bits per heavy atom. The smallest absolute Gasteiger partial charge is 0.392 e. The highest BCUT2D eigenvalue weighted by Gasteiger charge is 2.47. The summed E-state index contributed by atoms with van der Waals surface area (Å²) in [4.78, 5) is 27.9. The fourth-order valence-electron chi connectivity index (χ4n) is 7.67. The van der Waals surface area contributed by atoms with E-state index < -0.39 is 30.3 Å². The first-order valence-corrected chi connectivity index (χ1v) is 19.3. The average molecular weight is 778 g/mol. The molecule has 8 nitrogen and oxygen atoms in total. The Labute approximate surface area is 330 Å². The molecule has 0 aromatic heterocycles. The van der Waals surface area contributed by atoms with Gasteiger partial charge in [0, 0.05) is 44.7 Å². The highest BCUT2D eigenvalue weighted by atomic mass is 19.4. The van der Waals surface area contributed by atoms with Crippen LogP contribution < -0.4 is 5.32 Å². The second-order valence-electron chi connectivity index (χ2n) is 14.7. The van der Waals surface area contributed by atoms with Crippen LogP contribution in [0.3, 0.4) is 0 Å². The van der Waals surface area contributed by atoms with E-state index in [1.807, 2.05) is 84.9 Å². The fourth-order valence-corrected chi connectivity index (χ4v) is 7.67. The summed E-state index contributed by atoms with van der Waals surface area (Å²) in [5.41, 5.74) is 7.59. The second kappa shape index (κ2) is 18.3. The third-order valence-corrected chi connectivity index (χ3v) is 10.5. The Bertz CT molecular complexity index is 2060. The van der Waals surface area contributed by atoms with E-state index in [4.69, 9.17) is 9.47 Å². The summed E-state index contributed by atoms with van der Waals surface area (Å²) in [5.74, 6) is -2.59. The minimum atomic E-state index is -5.03. The van der Waals surface area contributed by atoms with Gasteiger partial charge in [-0.1, -0.05) is 121 Å². The molecule has 2 N–H and O–H groups in total. The minimum Gasteiger partial charge on any atom is -0.392 e. The predicted molar refractivity (Wildman–Crippen MR) is 210 cm³/mol. The number of halogens is 3. The van der Waals surface area contributed by atoms with E-state index in [1.54, 1.807) is 0 Å². The van der Waals surface area contributed by atoms with E-state index in [0.29, 0.717) is 24.3 Å². The number of nitrogens with zero attached hydrogens (tertiary/aromatic N) is 2. The lowest BCUT2D eigenvalue weighted by Gasteiger charge is -2.38. The first-order valence-electron chi connectivity index (χ1n) is 19.3. The number of amides is 2. The van der Waals surface area contributed by atoms with Crippen LogP contribution in [0.2, 0.25) is 0 Å². The molecule has 0 radical (unpaired) electrons. The van der Waals surface area contributed by atoms with E-state index >= 15 is 0 Å². The molecule has 5 aromatic rings. The van der Waals surface area contributed by atoms with Gasteiger partial charge < -0.3 is 24.8 Å². The molecular weight excluding hydrogens is 732 g/mol. The van der Waals surface area contributed by atoms with Gasteiger partial charge in [0.15, 0.2) is 6.29 Å². The van der Waals surface area contributed by atoms with Crippen LogP contribution in [0.5, 0.6) is 0 Å². The summed E-state index contributed by atoms with van der Waals surface area (Å²) in [6, 6.07) is 43.0. The molecule has 2 amide bonds. The number of carbonyl (C=O) groups is 2. The zero-order valence-electron chi connectivity index (χ0n) is 31.5. The van der Waals surface area contributed by atoms with Gasteiger partial charge in [0.05, 0.1) is 18.8 Å². The molecule has 2 heterocycles. The maximum atomic E-state index is 13.1. The number of aliphatic hydroxyl groups is 1. The summed E-state index contributed by atoms with van der Waals surface area (Å²) < 4.78 is 52.9. The van der Waals surface area contributed by atoms with E-state index in [-0.39, 0.29) is 38.3 Å². The number of alkyl halides is 3. The molecule has 0 aliphatic carbocycles. The highest BCUT2D eigenvalue weighted by Crippen LogP contribution is 2.39. The van der Waals surface area contributed by atoms with Gasteiger partial charge in [-0.25, -0.2) is 0 Å². The number of hydrogen-bond donors (Lipinski definition) is 2. The van der Waals surface area contributed by atoms with E-state index in [2.05, 4.69) is 58.7 Å². The average Bonchev–Trinajstić information content (AvgIpc) is 3.73. The Kier molecular flexibility index (Phi) is 12.8. The normalized spacial score (nSPS) is 19.8. The SMILES string of the molecule is O=C(NCc1cccc(-c2cccc([C@H]3O[C@@H](CN(Cc4ccccc4)Cc4ccccc4)C[C@@H](c4ccc(CO)cc4)O3)c2)c1)[C@@H]1CCCN1C(=O)C(F)(F)F. The van der Waals surface area contributed by atoms with Crippen LogP contribution in [-0.4, -0.2) is 58.1 Å². The lowest BCUT2D eigenvalue weighted by molar-refractivity contribution is -0.253. The molecule has 0 spiro atoms. The fraction of sp³-hybridized carbons (Fsp3) is 0.304. The van der Waals surface area contributed by atoms with Crippen molar-refractivity contribution in [2.75, 3.05) is 13.1 Å². The van der Waals surface area contributed by atoms with Crippen LogP contribution in [0.25, 0.3) is 11.1 Å². The summed E-state index contributed by atoms with van der Waals surface area (Å²) in [5, 5.41) is 12.4. The molecule has 2 saturated heterocycles. The van der Waals surface area contributed by atoms with Crippen molar-refractivity contribution in [2.24, 2.45) is 0 Å². The molecule has 2 fully saturated rings. The predicted octanol–water partition coefficient (Wildman–Crippen LogP) is 8.26. The summed E-state index contributed by atoms with van der Waals surface area (Å²) in [6.45, 7) is 2.09. The minimum absolute atomic E-state index is 0.0451. The topological polar surface area (TPSA) is 91.3 Å². The largest absolute Gasteiger partial charge is 0.471 e. The third kappa shape index (κ3) is 10.4. The summed E-state index contributed by atoms with van der Waals surface area (Å²) in [7, 11) is 0. The Balaban J connectivity index is 1.09. The molecule has 5 aromatic carbocycles. The molecule has 296 valence electrons.